The Morgan fingerprint density at radius 3 is 2.59 bits per heavy atom. The van der Waals surface area contributed by atoms with Crippen LogP contribution in [0.25, 0.3) is 11.3 Å². The van der Waals surface area contributed by atoms with Gasteiger partial charge in [-0.25, -0.2) is 0 Å². The van der Waals surface area contributed by atoms with E-state index in [1.54, 1.807) is 23.7 Å². The van der Waals surface area contributed by atoms with Crippen LogP contribution < -0.4 is 10.1 Å². The van der Waals surface area contributed by atoms with Gasteiger partial charge < -0.3 is 15.2 Å². The van der Waals surface area contributed by atoms with Gasteiger partial charge in [0.1, 0.15) is 5.75 Å². The van der Waals surface area contributed by atoms with Gasteiger partial charge in [-0.1, -0.05) is 26.8 Å². The van der Waals surface area contributed by atoms with E-state index in [0.29, 0.717) is 48.0 Å². The maximum atomic E-state index is 13.2. The van der Waals surface area contributed by atoms with Crippen LogP contribution in [0.5, 0.6) is 5.75 Å². The van der Waals surface area contributed by atoms with Gasteiger partial charge in [-0.05, 0) is 75.5 Å². The lowest BCUT2D eigenvalue weighted by Crippen LogP contribution is -2.45. The Morgan fingerprint density at radius 1 is 1.32 bits per heavy atom. The lowest BCUT2D eigenvalue weighted by Gasteiger charge is -2.34. The summed E-state index contributed by atoms with van der Waals surface area (Å²) in [6.07, 6.45) is 3.90. The minimum absolute atomic E-state index is 0.0726. The van der Waals surface area contributed by atoms with Crippen molar-refractivity contribution in [2.45, 2.75) is 85.5 Å². The van der Waals surface area contributed by atoms with Crippen LogP contribution in [-0.4, -0.2) is 39.6 Å². The van der Waals surface area contributed by atoms with Gasteiger partial charge in [0.2, 0.25) is 0 Å². The smallest absolute Gasteiger partial charge is 0.387 e. The zero-order chi connectivity index (χ0) is 25.0. The molecule has 2 aromatic rings. The third-order valence-electron chi connectivity index (χ3n) is 6.65. The monoisotopic (exact) mass is 477 g/mol. The molecule has 1 saturated carbocycles. The van der Waals surface area contributed by atoms with E-state index in [1.165, 1.54) is 0 Å². The molecule has 1 aliphatic rings. The number of nitrogens with one attached hydrogen (secondary N) is 1. The second kappa shape index (κ2) is 10.8. The lowest BCUT2D eigenvalue weighted by atomic mass is 9.79. The molecule has 1 amide bonds. The number of alkyl halides is 2. The van der Waals surface area contributed by atoms with Crippen LogP contribution in [0, 0.1) is 18.8 Å². The first kappa shape index (κ1) is 26.1. The Balaban J connectivity index is 1.90. The van der Waals surface area contributed by atoms with Crippen LogP contribution >= 0.6 is 0 Å². The molecule has 0 unspecified atom stereocenters. The molecule has 1 aromatic carbocycles. The van der Waals surface area contributed by atoms with Gasteiger partial charge in [0.05, 0.1) is 11.3 Å². The van der Waals surface area contributed by atoms with E-state index in [1.807, 2.05) is 13.0 Å². The fourth-order valence-corrected chi connectivity index (χ4v) is 4.70. The first-order chi connectivity index (χ1) is 16.0. The minimum atomic E-state index is -2.96. The van der Waals surface area contributed by atoms with Crippen LogP contribution in [0.2, 0.25) is 0 Å². The largest absolute Gasteiger partial charge is 0.434 e. The summed E-state index contributed by atoms with van der Waals surface area (Å²) in [4.78, 5) is 13.0. The van der Waals surface area contributed by atoms with Gasteiger partial charge in [-0.15, -0.1) is 0 Å². The second-order valence-corrected chi connectivity index (χ2v) is 10.0. The summed E-state index contributed by atoms with van der Waals surface area (Å²) in [5, 5.41) is 18.1. The van der Waals surface area contributed by atoms with Gasteiger partial charge in [0.15, 0.2) is 5.69 Å². The van der Waals surface area contributed by atoms with Gasteiger partial charge in [0, 0.05) is 24.2 Å². The summed E-state index contributed by atoms with van der Waals surface area (Å²) in [6.45, 7) is 7.58. The van der Waals surface area contributed by atoms with Crippen molar-refractivity contribution in [3.63, 3.8) is 0 Å². The molecule has 0 bridgehead atoms. The van der Waals surface area contributed by atoms with Crippen molar-refractivity contribution < 1.29 is 23.4 Å². The molecule has 0 radical (unpaired) electrons. The summed E-state index contributed by atoms with van der Waals surface area (Å²) in [5.41, 5.74) is 1.85. The third kappa shape index (κ3) is 6.14. The Labute approximate surface area is 200 Å². The Hall–Kier alpha value is -2.48. The van der Waals surface area contributed by atoms with Crippen molar-refractivity contribution >= 4 is 5.91 Å². The molecule has 0 atom stereocenters. The molecule has 1 heterocycles. The molecule has 3 rings (SSSR count). The van der Waals surface area contributed by atoms with E-state index in [0.717, 1.165) is 24.8 Å². The Kier molecular flexibility index (Phi) is 8.34. The lowest BCUT2D eigenvalue weighted by molar-refractivity contribution is -0.0495. The van der Waals surface area contributed by atoms with Gasteiger partial charge >= 0.3 is 6.61 Å². The highest BCUT2D eigenvalue weighted by Gasteiger charge is 2.33. The number of ether oxygens (including phenoxy) is 1. The summed E-state index contributed by atoms with van der Waals surface area (Å²) >= 11 is 0. The quantitative estimate of drug-likeness (QED) is 0.511. The van der Waals surface area contributed by atoms with Gasteiger partial charge in [0.25, 0.3) is 5.91 Å². The van der Waals surface area contributed by atoms with Crippen molar-refractivity contribution in [2.24, 2.45) is 11.8 Å². The number of halogens is 2. The normalized spacial score (nSPS) is 20.7. The zero-order valence-corrected chi connectivity index (χ0v) is 20.8. The summed E-state index contributed by atoms with van der Waals surface area (Å²) in [7, 11) is 0. The molecule has 1 fully saturated rings. The molecule has 8 heteroatoms. The number of aromatic nitrogens is 2. The highest BCUT2D eigenvalue weighted by atomic mass is 19.3. The van der Waals surface area contributed by atoms with Crippen LogP contribution in [0.4, 0.5) is 8.78 Å². The van der Waals surface area contributed by atoms with E-state index >= 15 is 0 Å². The van der Waals surface area contributed by atoms with Gasteiger partial charge in [-0.3, -0.25) is 9.48 Å². The highest BCUT2D eigenvalue weighted by Crippen LogP contribution is 2.36. The molecule has 6 nitrogen and oxygen atoms in total. The number of hydrogen-bond acceptors (Lipinski definition) is 4. The fourth-order valence-electron chi connectivity index (χ4n) is 4.70. The second-order valence-electron chi connectivity index (χ2n) is 10.0. The number of rotatable bonds is 9. The maximum absolute atomic E-state index is 13.2. The Bertz CT molecular complexity index is 995. The number of aliphatic hydroxyl groups is 1. The molecule has 0 spiro atoms. The zero-order valence-electron chi connectivity index (χ0n) is 20.8. The predicted octanol–water partition coefficient (Wildman–Crippen LogP) is 5.35. The van der Waals surface area contributed by atoms with Gasteiger partial charge in [-0.2, -0.15) is 13.9 Å². The van der Waals surface area contributed by atoms with Crippen LogP contribution in [0.1, 0.15) is 75.0 Å². The van der Waals surface area contributed by atoms with Crippen LogP contribution in [0.15, 0.2) is 18.2 Å². The first-order valence-electron chi connectivity index (χ1n) is 12.2. The van der Waals surface area contributed by atoms with Crippen LogP contribution in [0.3, 0.4) is 0 Å². The SMILES string of the molecule is CCn1nc(C(=O)NCC2(O)CCC(C)CC2)c(C)c1-c1ccc(CC(C)C)cc1OC(F)F. The number of aryl methyl sites for hydroxylation is 1. The van der Waals surface area contributed by atoms with Crippen molar-refractivity contribution in [1.82, 2.24) is 15.1 Å². The molecular formula is C26H37F2N3O3. The fraction of sp³-hybridized carbons (Fsp3) is 0.615. The highest BCUT2D eigenvalue weighted by molar-refractivity contribution is 5.95. The average Bonchev–Trinajstić information content (AvgIpc) is 3.10. The number of amides is 1. The van der Waals surface area contributed by atoms with E-state index in [9.17, 15) is 18.7 Å². The summed E-state index contributed by atoms with van der Waals surface area (Å²) in [5.74, 6) is 0.637. The topological polar surface area (TPSA) is 76.4 Å². The van der Waals surface area contributed by atoms with E-state index < -0.39 is 12.2 Å². The first-order valence-corrected chi connectivity index (χ1v) is 12.2. The van der Waals surface area contributed by atoms with Crippen molar-refractivity contribution in [2.75, 3.05) is 6.54 Å². The molecule has 0 aliphatic heterocycles. The number of carbonyl (C=O) groups excluding carboxylic acids is 1. The number of nitrogens with zero attached hydrogens (tertiary/aromatic N) is 2. The molecular weight excluding hydrogens is 440 g/mol. The molecule has 2 N–H and O–H groups in total. The number of benzene rings is 1. The maximum Gasteiger partial charge on any atom is 0.387 e. The van der Waals surface area contributed by atoms with Crippen molar-refractivity contribution in [3.05, 3.63) is 35.0 Å². The average molecular weight is 478 g/mol. The molecule has 188 valence electrons. The van der Waals surface area contributed by atoms with Crippen LogP contribution in [-0.2, 0) is 13.0 Å². The Morgan fingerprint density at radius 2 is 2.00 bits per heavy atom. The molecule has 34 heavy (non-hydrogen) atoms. The number of hydrogen-bond donors (Lipinski definition) is 2. The van der Waals surface area contributed by atoms with Crippen molar-refractivity contribution in [1.29, 1.82) is 0 Å². The minimum Gasteiger partial charge on any atom is -0.434 e. The molecule has 1 aliphatic carbocycles. The third-order valence-corrected chi connectivity index (χ3v) is 6.65. The number of carbonyl (C=O) groups is 1. The van der Waals surface area contributed by atoms with E-state index in [2.05, 4.69) is 31.2 Å². The molecule has 1 aromatic heterocycles. The van der Waals surface area contributed by atoms with Crippen molar-refractivity contribution in [3.8, 4) is 17.0 Å². The van der Waals surface area contributed by atoms with E-state index in [4.69, 9.17) is 4.74 Å². The standard InChI is InChI=1S/C26H37F2N3O3/c1-6-31-23(20-8-7-19(13-16(2)3)14-21(20)34-25(27)28)18(5)22(30-31)24(32)29-15-26(33)11-9-17(4)10-12-26/h7-8,14,16-17,25,33H,6,9-13,15H2,1-5H3,(H,29,32). The van der Waals surface area contributed by atoms with E-state index in [-0.39, 0.29) is 23.9 Å². The summed E-state index contributed by atoms with van der Waals surface area (Å²) in [6, 6.07) is 5.31. The summed E-state index contributed by atoms with van der Waals surface area (Å²) < 4.78 is 33.0. The predicted molar refractivity (Wildman–Crippen MR) is 128 cm³/mol. The molecule has 0 saturated heterocycles.